The summed E-state index contributed by atoms with van der Waals surface area (Å²) in [6.45, 7) is 8.15. The van der Waals surface area contributed by atoms with Crippen molar-refractivity contribution in [3.63, 3.8) is 0 Å². The lowest BCUT2D eigenvalue weighted by atomic mass is 9.88. The van der Waals surface area contributed by atoms with Crippen molar-refractivity contribution in [2.45, 2.75) is 83.4 Å². The van der Waals surface area contributed by atoms with Crippen LogP contribution in [0, 0.1) is 5.92 Å². The number of allylic oxidation sites excluding steroid dienone is 2. The molecule has 1 aromatic carbocycles. The fraction of sp³-hybridized carbons (Fsp3) is 0.500. The van der Waals surface area contributed by atoms with E-state index in [0.717, 1.165) is 11.1 Å². The topological polar surface area (TPSA) is 113 Å². The van der Waals surface area contributed by atoms with Crippen LogP contribution in [0.2, 0.25) is 0 Å². The SMILES string of the molecule is CC(=O)O[C@@H]1/C=C\[C@H](C)[C@@H](/C(C)=C/C=C/C(C)(O)c2ccccc2)OC(=O)C[C@H](O)CC[C@@]1(C)O. The molecule has 1 aliphatic rings. The number of carbonyl (C=O) groups is 2. The molecule has 0 aromatic heterocycles. The second-order valence-electron chi connectivity index (χ2n) is 9.72. The number of aliphatic hydroxyl groups is 3. The third kappa shape index (κ3) is 8.76. The first kappa shape index (κ1) is 28.5. The zero-order valence-corrected chi connectivity index (χ0v) is 21.2. The Morgan fingerprint density at radius 2 is 1.89 bits per heavy atom. The Hall–Kier alpha value is -2.74. The number of aliphatic hydroxyl groups excluding tert-OH is 1. The van der Waals surface area contributed by atoms with Gasteiger partial charge in [0.05, 0.1) is 12.5 Å². The Balaban J connectivity index is 2.33. The second kappa shape index (κ2) is 12.3. The quantitative estimate of drug-likeness (QED) is 0.330. The van der Waals surface area contributed by atoms with Gasteiger partial charge in [-0.15, -0.1) is 0 Å². The van der Waals surface area contributed by atoms with Crippen molar-refractivity contribution < 1.29 is 34.4 Å². The number of cyclic esters (lactones) is 1. The minimum atomic E-state index is -1.42. The highest BCUT2D eigenvalue weighted by Gasteiger charge is 2.35. The third-order valence-electron chi connectivity index (χ3n) is 6.20. The summed E-state index contributed by atoms with van der Waals surface area (Å²) in [4.78, 5) is 24.2. The Morgan fingerprint density at radius 1 is 1.23 bits per heavy atom. The summed E-state index contributed by atoms with van der Waals surface area (Å²) in [5, 5.41) is 32.0. The van der Waals surface area contributed by atoms with E-state index >= 15 is 0 Å². The Kier molecular flexibility index (Phi) is 10.0. The van der Waals surface area contributed by atoms with Gasteiger partial charge in [0, 0.05) is 12.8 Å². The van der Waals surface area contributed by atoms with Crippen LogP contribution in [-0.2, 0) is 24.7 Å². The molecule has 0 amide bonds. The molecule has 6 atom stereocenters. The zero-order valence-electron chi connectivity index (χ0n) is 21.2. The lowest BCUT2D eigenvalue weighted by Gasteiger charge is -2.32. The van der Waals surface area contributed by atoms with Gasteiger partial charge >= 0.3 is 11.9 Å². The van der Waals surface area contributed by atoms with Gasteiger partial charge in [0.25, 0.3) is 0 Å². The van der Waals surface area contributed by atoms with Crippen LogP contribution < -0.4 is 0 Å². The van der Waals surface area contributed by atoms with E-state index in [9.17, 15) is 24.9 Å². The van der Waals surface area contributed by atoms with Crippen LogP contribution in [-0.4, -0.2) is 51.2 Å². The van der Waals surface area contributed by atoms with E-state index < -0.39 is 41.5 Å². The van der Waals surface area contributed by atoms with Crippen LogP contribution in [0.3, 0.4) is 0 Å². The fourth-order valence-electron chi connectivity index (χ4n) is 3.98. The van der Waals surface area contributed by atoms with Crippen LogP contribution in [0.5, 0.6) is 0 Å². The molecule has 0 bridgehead atoms. The molecule has 7 heteroatoms. The first-order chi connectivity index (χ1) is 16.3. The Bertz CT molecular complexity index is 943. The van der Waals surface area contributed by atoms with Crippen molar-refractivity contribution in [1.82, 2.24) is 0 Å². The van der Waals surface area contributed by atoms with Gasteiger partial charge in [-0.1, -0.05) is 55.5 Å². The van der Waals surface area contributed by atoms with Gasteiger partial charge in [-0.05, 0) is 56.9 Å². The summed E-state index contributed by atoms with van der Waals surface area (Å²) in [6, 6.07) is 9.25. The first-order valence-electron chi connectivity index (χ1n) is 11.9. The van der Waals surface area contributed by atoms with Crippen molar-refractivity contribution >= 4 is 11.9 Å². The average molecular weight is 487 g/mol. The van der Waals surface area contributed by atoms with Crippen LogP contribution in [0.1, 0.15) is 59.4 Å². The molecule has 0 aliphatic carbocycles. The highest BCUT2D eigenvalue weighted by Crippen LogP contribution is 2.27. The number of carbonyl (C=O) groups excluding carboxylic acids is 2. The van der Waals surface area contributed by atoms with Crippen molar-refractivity contribution in [1.29, 1.82) is 0 Å². The molecule has 0 saturated heterocycles. The zero-order chi connectivity index (χ0) is 26.2. The van der Waals surface area contributed by atoms with Crippen LogP contribution in [0.4, 0.5) is 0 Å². The highest BCUT2D eigenvalue weighted by atomic mass is 16.6. The summed E-state index contributed by atoms with van der Waals surface area (Å²) in [6.07, 6.45) is 5.95. The van der Waals surface area contributed by atoms with Gasteiger partial charge in [0.15, 0.2) is 0 Å². The first-order valence-corrected chi connectivity index (χ1v) is 11.9. The number of benzene rings is 1. The number of hydrogen-bond acceptors (Lipinski definition) is 7. The summed E-state index contributed by atoms with van der Waals surface area (Å²) in [7, 11) is 0. The molecule has 0 spiro atoms. The molecule has 1 heterocycles. The van der Waals surface area contributed by atoms with Crippen LogP contribution in [0.15, 0.2) is 66.3 Å². The molecule has 0 saturated carbocycles. The standard InChI is InChI=1S/C28H38O7/c1-19(10-9-16-27(4,32)22-11-7-6-8-12-22)26-20(2)13-14-24(34-21(3)29)28(5,33)17-15-23(30)18-25(31)35-26/h6-14,16,20,23-24,26,30,32-33H,15,17-18H2,1-5H3/b14-13-,16-9+,19-10+/t20-,23+,24+,26+,27?,28+/m0/s1. The van der Waals surface area contributed by atoms with Gasteiger partial charge in [0.2, 0.25) is 0 Å². The smallest absolute Gasteiger partial charge is 0.309 e. The van der Waals surface area contributed by atoms with E-state index in [1.807, 2.05) is 44.2 Å². The molecule has 1 aromatic rings. The van der Waals surface area contributed by atoms with Gasteiger partial charge in [-0.3, -0.25) is 9.59 Å². The van der Waals surface area contributed by atoms with Gasteiger partial charge < -0.3 is 24.8 Å². The van der Waals surface area contributed by atoms with Gasteiger partial charge in [0.1, 0.15) is 23.4 Å². The molecule has 1 unspecified atom stereocenters. The summed E-state index contributed by atoms with van der Waals surface area (Å²) in [5.74, 6) is -1.41. The lowest BCUT2D eigenvalue weighted by Crippen LogP contribution is -2.42. The largest absolute Gasteiger partial charge is 0.457 e. The maximum Gasteiger partial charge on any atom is 0.309 e. The average Bonchev–Trinajstić information content (AvgIpc) is 2.78. The summed E-state index contributed by atoms with van der Waals surface area (Å²) >= 11 is 0. The lowest BCUT2D eigenvalue weighted by molar-refractivity contribution is -0.157. The Morgan fingerprint density at radius 3 is 2.51 bits per heavy atom. The number of hydrogen-bond donors (Lipinski definition) is 3. The molecule has 7 nitrogen and oxygen atoms in total. The maximum absolute atomic E-state index is 12.5. The molecule has 192 valence electrons. The fourth-order valence-corrected chi connectivity index (χ4v) is 3.98. The predicted molar refractivity (Wildman–Crippen MR) is 133 cm³/mol. The van der Waals surface area contributed by atoms with Crippen molar-refractivity contribution in [3.8, 4) is 0 Å². The highest BCUT2D eigenvalue weighted by molar-refractivity contribution is 5.70. The summed E-state index contributed by atoms with van der Waals surface area (Å²) < 4.78 is 11.1. The van der Waals surface area contributed by atoms with E-state index in [4.69, 9.17) is 9.47 Å². The minimum absolute atomic E-state index is 0.132. The molecule has 3 N–H and O–H groups in total. The van der Waals surface area contributed by atoms with Crippen LogP contribution >= 0.6 is 0 Å². The normalized spacial score (nSPS) is 31.5. The van der Waals surface area contributed by atoms with Gasteiger partial charge in [-0.2, -0.15) is 0 Å². The molecule has 0 fully saturated rings. The van der Waals surface area contributed by atoms with E-state index in [-0.39, 0.29) is 25.2 Å². The van der Waals surface area contributed by atoms with Crippen molar-refractivity contribution in [2.24, 2.45) is 5.92 Å². The number of ether oxygens (including phenoxy) is 2. The summed E-state index contributed by atoms with van der Waals surface area (Å²) in [5.41, 5.74) is -1.14. The molecule has 1 aliphatic heterocycles. The van der Waals surface area contributed by atoms with Crippen molar-refractivity contribution in [2.75, 3.05) is 0 Å². The van der Waals surface area contributed by atoms with E-state index in [1.54, 1.807) is 44.2 Å². The van der Waals surface area contributed by atoms with E-state index in [0.29, 0.717) is 0 Å². The van der Waals surface area contributed by atoms with Crippen molar-refractivity contribution in [3.05, 3.63) is 71.8 Å². The molecule has 0 radical (unpaired) electrons. The van der Waals surface area contributed by atoms with E-state index in [2.05, 4.69) is 0 Å². The Labute approximate surface area is 207 Å². The van der Waals surface area contributed by atoms with E-state index in [1.165, 1.54) is 6.92 Å². The third-order valence-corrected chi connectivity index (χ3v) is 6.20. The molecular weight excluding hydrogens is 448 g/mol. The van der Waals surface area contributed by atoms with Crippen LogP contribution in [0.25, 0.3) is 0 Å². The molecule has 2 rings (SSSR count). The maximum atomic E-state index is 12.5. The molecule has 35 heavy (non-hydrogen) atoms. The predicted octanol–water partition coefficient (Wildman–Crippen LogP) is 3.73. The monoisotopic (exact) mass is 486 g/mol. The minimum Gasteiger partial charge on any atom is -0.457 e. The number of rotatable bonds is 5. The molecular formula is C28H38O7. The van der Waals surface area contributed by atoms with Gasteiger partial charge in [-0.25, -0.2) is 0 Å². The second-order valence-corrected chi connectivity index (χ2v) is 9.72. The number of esters is 2.